The van der Waals surface area contributed by atoms with Crippen LogP contribution in [0.15, 0.2) is 4.90 Å². The fourth-order valence-corrected chi connectivity index (χ4v) is 2.70. The van der Waals surface area contributed by atoms with Crippen LogP contribution in [-0.2, 0) is 0 Å². The molecule has 72 valence electrons. The highest BCUT2D eigenvalue weighted by atomic mass is 35.5. The van der Waals surface area contributed by atoms with Crippen LogP contribution < -0.4 is 0 Å². The Morgan fingerprint density at radius 3 is 1.85 bits per heavy atom. The number of rotatable bonds is 2. The van der Waals surface area contributed by atoms with Gasteiger partial charge in [0.05, 0.1) is 20.2 Å². The SMILES string of the molecule is ClCSc1c(Cl)c(Cl)nc(Cl)c1Cl. The first-order valence-electron chi connectivity index (χ1n) is 2.96. The Balaban J connectivity index is 3.28. The van der Waals surface area contributed by atoms with Crippen molar-refractivity contribution in [3.63, 3.8) is 0 Å². The zero-order valence-corrected chi connectivity index (χ0v) is 10.5. The van der Waals surface area contributed by atoms with E-state index in [1.54, 1.807) is 0 Å². The van der Waals surface area contributed by atoms with E-state index in [-0.39, 0.29) is 20.4 Å². The summed E-state index contributed by atoms with van der Waals surface area (Å²) in [5.74, 6) is 0. The topological polar surface area (TPSA) is 12.9 Å². The van der Waals surface area contributed by atoms with Crippen molar-refractivity contribution in [2.24, 2.45) is 0 Å². The van der Waals surface area contributed by atoms with E-state index >= 15 is 0 Å². The molecule has 0 saturated heterocycles. The van der Waals surface area contributed by atoms with Crippen molar-refractivity contribution in [3.8, 4) is 0 Å². The van der Waals surface area contributed by atoms with Crippen molar-refractivity contribution in [2.75, 3.05) is 5.21 Å². The zero-order valence-electron chi connectivity index (χ0n) is 5.95. The molecular formula is C6H2Cl5NS. The average molecular weight is 297 g/mol. The van der Waals surface area contributed by atoms with E-state index in [1.807, 2.05) is 0 Å². The summed E-state index contributed by atoms with van der Waals surface area (Å²) >= 11 is 29.8. The van der Waals surface area contributed by atoms with Crippen molar-refractivity contribution in [3.05, 3.63) is 20.4 Å². The molecule has 1 heterocycles. The molecule has 0 unspecified atom stereocenters. The van der Waals surface area contributed by atoms with E-state index in [0.717, 1.165) is 0 Å². The zero-order chi connectivity index (χ0) is 10.0. The average Bonchev–Trinajstić information content (AvgIpc) is 2.09. The second-order valence-electron chi connectivity index (χ2n) is 1.90. The molecule has 0 atom stereocenters. The van der Waals surface area contributed by atoms with Gasteiger partial charge in [-0.3, -0.25) is 0 Å². The molecule has 0 spiro atoms. The first-order chi connectivity index (χ1) is 6.07. The summed E-state index contributed by atoms with van der Waals surface area (Å²) in [6.07, 6.45) is 0. The number of thioether (sulfide) groups is 1. The van der Waals surface area contributed by atoms with Gasteiger partial charge in [-0.15, -0.1) is 23.4 Å². The van der Waals surface area contributed by atoms with Crippen LogP contribution in [0.4, 0.5) is 0 Å². The normalized spacial score (nSPS) is 10.5. The number of aromatic nitrogens is 1. The first-order valence-corrected chi connectivity index (χ1v) is 6.00. The molecule has 0 aliphatic heterocycles. The maximum atomic E-state index is 5.83. The lowest BCUT2D eigenvalue weighted by molar-refractivity contribution is 1.26. The third kappa shape index (κ3) is 2.71. The lowest BCUT2D eigenvalue weighted by Gasteiger charge is -2.06. The quantitative estimate of drug-likeness (QED) is 0.433. The van der Waals surface area contributed by atoms with Gasteiger partial charge in [-0.25, -0.2) is 4.98 Å². The molecule has 0 aromatic carbocycles. The summed E-state index contributed by atoms with van der Waals surface area (Å²) in [7, 11) is 0. The van der Waals surface area contributed by atoms with Gasteiger partial charge in [0.15, 0.2) is 10.3 Å². The molecule has 0 saturated carbocycles. The second-order valence-corrected chi connectivity index (χ2v) is 4.95. The smallest absolute Gasteiger partial charge is 0.150 e. The summed E-state index contributed by atoms with van der Waals surface area (Å²) in [4.78, 5) is 4.28. The van der Waals surface area contributed by atoms with Gasteiger partial charge < -0.3 is 0 Å². The Labute approximate surface area is 105 Å². The Bertz CT molecular complexity index is 303. The molecule has 0 radical (unpaired) electrons. The Kier molecular flexibility index (Phi) is 4.76. The van der Waals surface area contributed by atoms with Crippen LogP contribution in [0.2, 0.25) is 20.4 Å². The van der Waals surface area contributed by atoms with Crippen LogP contribution >= 0.6 is 69.8 Å². The molecule has 0 aliphatic rings. The highest BCUT2D eigenvalue weighted by molar-refractivity contribution is 8.00. The number of pyridine rings is 1. The predicted octanol–water partition coefficient (Wildman–Crippen LogP) is 4.98. The van der Waals surface area contributed by atoms with Crippen LogP contribution in [0.5, 0.6) is 0 Å². The summed E-state index contributed by atoms with van der Waals surface area (Å²) in [5, 5.41) is 1.13. The first kappa shape index (κ1) is 12.0. The van der Waals surface area contributed by atoms with Crippen molar-refractivity contribution < 1.29 is 0 Å². The maximum Gasteiger partial charge on any atom is 0.150 e. The van der Waals surface area contributed by atoms with Gasteiger partial charge >= 0.3 is 0 Å². The van der Waals surface area contributed by atoms with E-state index in [4.69, 9.17) is 58.0 Å². The molecule has 1 rings (SSSR count). The van der Waals surface area contributed by atoms with Gasteiger partial charge in [0.25, 0.3) is 0 Å². The lowest BCUT2D eigenvalue weighted by atomic mass is 10.5. The van der Waals surface area contributed by atoms with Crippen molar-refractivity contribution in [1.82, 2.24) is 4.98 Å². The van der Waals surface area contributed by atoms with Crippen LogP contribution in [0.25, 0.3) is 0 Å². The number of hydrogen-bond donors (Lipinski definition) is 0. The third-order valence-corrected chi connectivity index (χ3v) is 3.99. The minimum absolute atomic E-state index is 0.128. The molecule has 0 N–H and O–H groups in total. The Morgan fingerprint density at radius 2 is 1.46 bits per heavy atom. The molecule has 13 heavy (non-hydrogen) atoms. The molecule has 1 aromatic heterocycles. The highest BCUT2D eigenvalue weighted by Crippen LogP contribution is 2.40. The molecule has 0 bridgehead atoms. The van der Waals surface area contributed by atoms with Crippen LogP contribution in [0, 0.1) is 0 Å². The molecule has 0 fully saturated rings. The summed E-state index contributed by atoms with van der Waals surface area (Å²) < 4.78 is 0. The number of nitrogens with zero attached hydrogens (tertiary/aromatic N) is 1. The van der Waals surface area contributed by atoms with Crippen molar-refractivity contribution >= 4 is 69.8 Å². The summed E-state index contributed by atoms with van der Waals surface area (Å²) in [6, 6.07) is 0. The largest absolute Gasteiger partial charge is 0.221 e. The number of hydrogen-bond acceptors (Lipinski definition) is 2. The molecule has 1 aromatic rings. The van der Waals surface area contributed by atoms with Gasteiger partial charge in [-0.2, -0.15) is 0 Å². The minimum atomic E-state index is 0.128. The third-order valence-electron chi connectivity index (χ3n) is 1.16. The minimum Gasteiger partial charge on any atom is -0.221 e. The van der Waals surface area contributed by atoms with E-state index in [9.17, 15) is 0 Å². The summed E-state index contributed by atoms with van der Waals surface area (Å²) in [6.45, 7) is 0. The fourth-order valence-electron chi connectivity index (χ4n) is 0.649. The van der Waals surface area contributed by atoms with E-state index < -0.39 is 0 Å². The standard InChI is InChI=1S/C6H2Cl5NS/c7-1-13-4-2(8)5(10)12-6(11)3(4)9/h1H2. The van der Waals surface area contributed by atoms with E-state index in [1.165, 1.54) is 11.8 Å². The number of halogens is 5. The van der Waals surface area contributed by atoms with Gasteiger partial charge in [0, 0.05) is 0 Å². The van der Waals surface area contributed by atoms with Gasteiger partial charge in [0.1, 0.15) is 0 Å². The van der Waals surface area contributed by atoms with Crippen LogP contribution in [0.1, 0.15) is 0 Å². The van der Waals surface area contributed by atoms with Crippen molar-refractivity contribution in [1.29, 1.82) is 0 Å². The van der Waals surface area contributed by atoms with Crippen LogP contribution in [0.3, 0.4) is 0 Å². The van der Waals surface area contributed by atoms with Crippen molar-refractivity contribution in [2.45, 2.75) is 4.90 Å². The molecule has 0 aliphatic carbocycles. The summed E-state index contributed by atoms with van der Waals surface area (Å²) in [5.41, 5.74) is 0. The molecular weight excluding hydrogens is 295 g/mol. The van der Waals surface area contributed by atoms with E-state index in [0.29, 0.717) is 10.1 Å². The highest BCUT2D eigenvalue weighted by Gasteiger charge is 2.15. The van der Waals surface area contributed by atoms with Gasteiger partial charge in [0.2, 0.25) is 0 Å². The van der Waals surface area contributed by atoms with Gasteiger partial charge in [-0.05, 0) is 0 Å². The second kappa shape index (κ2) is 5.15. The van der Waals surface area contributed by atoms with Crippen LogP contribution in [-0.4, -0.2) is 10.2 Å². The Hall–Kier alpha value is 0.950. The monoisotopic (exact) mass is 295 g/mol. The predicted molar refractivity (Wildman–Crippen MR) is 60.9 cm³/mol. The molecule has 1 nitrogen and oxygen atoms in total. The molecule has 7 heteroatoms. The molecule has 0 amide bonds. The lowest BCUT2D eigenvalue weighted by Crippen LogP contribution is -1.85. The Morgan fingerprint density at radius 1 is 1.00 bits per heavy atom. The van der Waals surface area contributed by atoms with E-state index in [2.05, 4.69) is 4.98 Å². The fraction of sp³-hybridized carbons (Fsp3) is 0.167. The van der Waals surface area contributed by atoms with Gasteiger partial charge in [-0.1, -0.05) is 46.4 Å². The number of alkyl halides is 1. The maximum absolute atomic E-state index is 5.83.